The zero-order chi connectivity index (χ0) is 5.98. The summed E-state index contributed by atoms with van der Waals surface area (Å²) in [6.07, 6.45) is 0.910. The van der Waals surface area contributed by atoms with Crippen LogP contribution in [0.1, 0.15) is 6.42 Å². The quantitative estimate of drug-likeness (QED) is 0.483. The molecule has 1 aliphatic heterocycles. The largest absolute Gasteiger partial charge is 0.395 e. The first-order valence-corrected chi connectivity index (χ1v) is 2.84. The van der Waals surface area contributed by atoms with Crippen molar-refractivity contribution in [2.75, 3.05) is 13.2 Å². The Morgan fingerprint density at radius 3 is 1.78 bits per heavy atom. The third-order valence-corrected chi connectivity index (χ3v) is 1.48. The Bertz CT molecular complexity index is 67.4. The summed E-state index contributed by atoms with van der Waals surface area (Å²) in [4.78, 5) is 0. The first-order chi connectivity index (χ1) is 3.86. The molecule has 0 amide bonds. The Hall–Kier alpha value is 0.170. The molecule has 0 spiro atoms. The van der Waals surface area contributed by atoms with Crippen LogP contribution in [0.15, 0.2) is 0 Å². The first-order valence-electron chi connectivity index (χ1n) is 2.84. The summed E-state index contributed by atoms with van der Waals surface area (Å²) in [6.45, 7) is 0.382. The zero-order valence-corrected chi connectivity index (χ0v) is 5.90. The molecule has 56 valence electrons. The predicted molar refractivity (Wildman–Crippen MR) is 36.7 cm³/mol. The average molecular weight is 154 g/mol. The monoisotopic (exact) mass is 153 g/mol. The molecule has 0 bridgehead atoms. The maximum Gasteiger partial charge on any atom is 0.0585 e. The normalized spacial score (nSPS) is 32.7. The smallest absolute Gasteiger partial charge is 0.0585 e. The van der Waals surface area contributed by atoms with Gasteiger partial charge in [0.25, 0.3) is 0 Å². The molecule has 1 heterocycles. The number of aliphatic hydroxyl groups excluding tert-OH is 2. The van der Waals surface area contributed by atoms with Crippen LogP contribution < -0.4 is 5.32 Å². The van der Waals surface area contributed by atoms with Crippen molar-refractivity contribution < 1.29 is 10.2 Å². The standard InChI is InChI=1S/C5H11NO2.ClH/c7-2-4-1-5(3-8)6-4;/h4-8H,1-3H2;1H/t4-,5-;/m1./s1. The highest BCUT2D eigenvalue weighted by molar-refractivity contribution is 5.85. The Kier molecular flexibility index (Phi) is 4.14. The molecule has 0 aliphatic carbocycles. The van der Waals surface area contributed by atoms with E-state index in [2.05, 4.69) is 5.32 Å². The second kappa shape index (κ2) is 4.06. The molecular weight excluding hydrogens is 142 g/mol. The minimum absolute atomic E-state index is 0. The van der Waals surface area contributed by atoms with E-state index in [0.717, 1.165) is 6.42 Å². The molecule has 0 aromatic heterocycles. The topological polar surface area (TPSA) is 52.5 Å². The van der Waals surface area contributed by atoms with Gasteiger partial charge in [-0.2, -0.15) is 0 Å². The second-order valence-electron chi connectivity index (χ2n) is 2.16. The van der Waals surface area contributed by atoms with Gasteiger partial charge in [0, 0.05) is 12.1 Å². The number of hydrogen-bond donors (Lipinski definition) is 3. The molecule has 2 atom stereocenters. The van der Waals surface area contributed by atoms with Crippen LogP contribution in [0.3, 0.4) is 0 Å². The minimum Gasteiger partial charge on any atom is -0.395 e. The molecule has 4 heteroatoms. The average Bonchev–Trinajstić information content (AvgIpc) is 1.65. The van der Waals surface area contributed by atoms with E-state index in [4.69, 9.17) is 10.2 Å². The van der Waals surface area contributed by atoms with E-state index in [9.17, 15) is 0 Å². The fraction of sp³-hybridized carbons (Fsp3) is 1.00. The Morgan fingerprint density at radius 2 is 1.56 bits per heavy atom. The van der Waals surface area contributed by atoms with E-state index in [1.165, 1.54) is 0 Å². The molecule has 0 saturated carbocycles. The van der Waals surface area contributed by atoms with Crippen molar-refractivity contribution in [1.29, 1.82) is 0 Å². The molecule has 3 N–H and O–H groups in total. The fourth-order valence-corrected chi connectivity index (χ4v) is 0.907. The van der Waals surface area contributed by atoms with Crippen LogP contribution in [0.25, 0.3) is 0 Å². The van der Waals surface area contributed by atoms with Crippen molar-refractivity contribution >= 4 is 12.4 Å². The molecule has 0 radical (unpaired) electrons. The number of hydrogen-bond acceptors (Lipinski definition) is 3. The minimum atomic E-state index is 0. The van der Waals surface area contributed by atoms with E-state index in [1.54, 1.807) is 0 Å². The molecule has 1 aliphatic rings. The van der Waals surface area contributed by atoms with E-state index >= 15 is 0 Å². The summed E-state index contributed by atoms with van der Waals surface area (Å²) >= 11 is 0. The molecule has 9 heavy (non-hydrogen) atoms. The Balaban J connectivity index is 0.000000640. The van der Waals surface area contributed by atoms with Crippen LogP contribution in [-0.2, 0) is 0 Å². The van der Waals surface area contributed by atoms with Gasteiger partial charge in [0.2, 0.25) is 0 Å². The lowest BCUT2D eigenvalue weighted by molar-refractivity contribution is 0.114. The summed E-state index contributed by atoms with van der Waals surface area (Å²) in [5.41, 5.74) is 0. The van der Waals surface area contributed by atoms with Gasteiger partial charge in [-0.1, -0.05) is 0 Å². The maximum absolute atomic E-state index is 8.46. The first kappa shape index (κ1) is 9.17. The van der Waals surface area contributed by atoms with Crippen LogP contribution in [0.4, 0.5) is 0 Å². The van der Waals surface area contributed by atoms with Gasteiger partial charge in [-0.15, -0.1) is 12.4 Å². The molecule has 1 fully saturated rings. The van der Waals surface area contributed by atoms with E-state index in [-0.39, 0.29) is 37.7 Å². The SMILES string of the molecule is Cl.OC[C@H]1C[C@H](CO)N1. The van der Waals surface area contributed by atoms with Crippen LogP contribution in [-0.4, -0.2) is 35.5 Å². The van der Waals surface area contributed by atoms with E-state index in [1.807, 2.05) is 0 Å². The number of halogens is 1. The van der Waals surface area contributed by atoms with Crippen molar-refractivity contribution in [2.45, 2.75) is 18.5 Å². The van der Waals surface area contributed by atoms with Crippen molar-refractivity contribution in [2.24, 2.45) is 0 Å². The van der Waals surface area contributed by atoms with Gasteiger partial charge < -0.3 is 15.5 Å². The molecule has 0 aromatic carbocycles. The number of rotatable bonds is 2. The fourth-order valence-electron chi connectivity index (χ4n) is 0.907. The van der Waals surface area contributed by atoms with Gasteiger partial charge >= 0.3 is 0 Å². The van der Waals surface area contributed by atoms with Crippen LogP contribution >= 0.6 is 12.4 Å². The highest BCUT2D eigenvalue weighted by Gasteiger charge is 2.25. The van der Waals surface area contributed by atoms with Gasteiger partial charge in [-0.25, -0.2) is 0 Å². The zero-order valence-electron chi connectivity index (χ0n) is 5.08. The molecule has 0 aromatic rings. The van der Waals surface area contributed by atoms with Gasteiger partial charge in [-0.3, -0.25) is 0 Å². The highest BCUT2D eigenvalue weighted by Crippen LogP contribution is 2.08. The van der Waals surface area contributed by atoms with Gasteiger partial charge in [0.05, 0.1) is 13.2 Å². The Labute approximate surface area is 60.5 Å². The van der Waals surface area contributed by atoms with E-state index < -0.39 is 0 Å². The van der Waals surface area contributed by atoms with Crippen LogP contribution in [0.2, 0.25) is 0 Å². The second-order valence-corrected chi connectivity index (χ2v) is 2.16. The Morgan fingerprint density at radius 1 is 1.22 bits per heavy atom. The van der Waals surface area contributed by atoms with Crippen molar-refractivity contribution in [3.63, 3.8) is 0 Å². The van der Waals surface area contributed by atoms with Crippen LogP contribution in [0.5, 0.6) is 0 Å². The van der Waals surface area contributed by atoms with Gasteiger partial charge in [0.1, 0.15) is 0 Å². The lowest BCUT2D eigenvalue weighted by atomic mass is 9.99. The van der Waals surface area contributed by atoms with Gasteiger partial charge in [0.15, 0.2) is 0 Å². The third-order valence-electron chi connectivity index (χ3n) is 1.48. The molecule has 3 nitrogen and oxygen atoms in total. The van der Waals surface area contributed by atoms with Gasteiger partial charge in [-0.05, 0) is 6.42 Å². The number of nitrogens with one attached hydrogen (secondary N) is 1. The van der Waals surface area contributed by atoms with Crippen molar-refractivity contribution in [1.82, 2.24) is 5.32 Å². The van der Waals surface area contributed by atoms with Crippen molar-refractivity contribution in [3.8, 4) is 0 Å². The molecule has 1 saturated heterocycles. The molecule has 0 unspecified atom stereocenters. The molecule has 1 rings (SSSR count). The lowest BCUT2D eigenvalue weighted by Crippen LogP contribution is -2.55. The summed E-state index contributed by atoms with van der Waals surface area (Å²) in [5.74, 6) is 0. The number of aliphatic hydroxyl groups is 2. The van der Waals surface area contributed by atoms with E-state index in [0.29, 0.717) is 0 Å². The summed E-state index contributed by atoms with van der Waals surface area (Å²) in [6, 6.07) is 0.485. The highest BCUT2D eigenvalue weighted by atomic mass is 35.5. The van der Waals surface area contributed by atoms with Crippen molar-refractivity contribution in [3.05, 3.63) is 0 Å². The van der Waals surface area contributed by atoms with Crippen LogP contribution in [0, 0.1) is 0 Å². The summed E-state index contributed by atoms with van der Waals surface area (Å²) in [5, 5.41) is 19.9. The predicted octanol–water partition coefficient (Wildman–Crippen LogP) is -0.877. The molecular formula is C5H12ClNO2. The third kappa shape index (κ3) is 2.10. The summed E-state index contributed by atoms with van der Waals surface area (Å²) in [7, 11) is 0. The summed E-state index contributed by atoms with van der Waals surface area (Å²) < 4.78 is 0. The maximum atomic E-state index is 8.46. The lowest BCUT2D eigenvalue weighted by Gasteiger charge is -2.34.